The standard InChI is InChI=1S/C17H16N4O2S/c1-11-18-15(20-23-11)14-8-5-9-21(14)17(22)16-19-13(10-24-16)12-6-3-2-4-7-12/h2-4,6-7,10,14H,5,8-9H2,1H3/t14-/m1/s1. The van der Waals surface area contributed by atoms with Gasteiger partial charge in [0.25, 0.3) is 5.91 Å². The Bertz CT molecular complexity index is 858. The van der Waals surface area contributed by atoms with Crippen LogP contribution in [-0.4, -0.2) is 32.5 Å². The molecule has 0 aliphatic carbocycles. The van der Waals surface area contributed by atoms with Gasteiger partial charge in [-0.25, -0.2) is 4.98 Å². The van der Waals surface area contributed by atoms with Gasteiger partial charge in [0.15, 0.2) is 10.8 Å². The molecule has 122 valence electrons. The molecular weight excluding hydrogens is 324 g/mol. The monoisotopic (exact) mass is 340 g/mol. The van der Waals surface area contributed by atoms with E-state index in [9.17, 15) is 4.79 Å². The Hall–Kier alpha value is -2.54. The Labute approximate surface area is 143 Å². The Morgan fingerprint density at radius 2 is 2.12 bits per heavy atom. The van der Waals surface area contributed by atoms with Crippen LogP contribution in [0.15, 0.2) is 40.2 Å². The lowest BCUT2D eigenvalue weighted by molar-refractivity contribution is 0.0728. The maximum Gasteiger partial charge on any atom is 0.283 e. The molecular formula is C17H16N4O2S. The third-order valence-electron chi connectivity index (χ3n) is 4.11. The van der Waals surface area contributed by atoms with E-state index in [4.69, 9.17) is 4.52 Å². The van der Waals surface area contributed by atoms with Crippen LogP contribution in [0.3, 0.4) is 0 Å². The number of aryl methyl sites for hydroxylation is 1. The molecule has 0 bridgehead atoms. The molecule has 0 N–H and O–H groups in total. The summed E-state index contributed by atoms with van der Waals surface area (Å²) in [7, 11) is 0. The van der Waals surface area contributed by atoms with Gasteiger partial charge in [-0.05, 0) is 12.8 Å². The SMILES string of the molecule is Cc1nc([C@H]2CCCN2C(=O)c2nc(-c3ccccc3)cs2)no1. The fraction of sp³-hybridized carbons (Fsp3) is 0.294. The van der Waals surface area contributed by atoms with E-state index < -0.39 is 0 Å². The second kappa shape index (κ2) is 6.16. The molecule has 0 spiro atoms. The topological polar surface area (TPSA) is 72.1 Å². The number of likely N-dealkylation sites (tertiary alicyclic amines) is 1. The minimum Gasteiger partial charge on any atom is -0.340 e. The van der Waals surface area contributed by atoms with Crippen LogP contribution in [-0.2, 0) is 0 Å². The van der Waals surface area contributed by atoms with Gasteiger partial charge in [0, 0.05) is 24.4 Å². The molecule has 1 atom stereocenters. The molecule has 24 heavy (non-hydrogen) atoms. The van der Waals surface area contributed by atoms with Gasteiger partial charge in [-0.1, -0.05) is 35.5 Å². The quantitative estimate of drug-likeness (QED) is 0.730. The minimum atomic E-state index is -0.126. The number of amides is 1. The van der Waals surface area contributed by atoms with Crippen LogP contribution in [0, 0.1) is 6.92 Å². The van der Waals surface area contributed by atoms with Crippen LogP contribution >= 0.6 is 11.3 Å². The largest absolute Gasteiger partial charge is 0.340 e. The summed E-state index contributed by atoms with van der Waals surface area (Å²) >= 11 is 1.38. The molecule has 1 aromatic carbocycles. The highest BCUT2D eigenvalue weighted by Gasteiger charge is 2.34. The van der Waals surface area contributed by atoms with Crippen molar-refractivity contribution in [2.45, 2.75) is 25.8 Å². The lowest BCUT2D eigenvalue weighted by Crippen LogP contribution is -2.31. The van der Waals surface area contributed by atoms with Crippen LogP contribution < -0.4 is 0 Å². The zero-order valence-electron chi connectivity index (χ0n) is 13.2. The lowest BCUT2D eigenvalue weighted by atomic mass is 10.2. The molecule has 0 radical (unpaired) electrons. The van der Waals surface area contributed by atoms with Crippen molar-refractivity contribution in [3.63, 3.8) is 0 Å². The maximum absolute atomic E-state index is 12.9. The van der Waals surface area contributed by atoms with E-state index in [1.54, 1.807) is 11.8 Å². The molecule has 1 fully saturated rings. The highest BCUT2D eigenvalue weighted by molar-refractivity contribution is 7.12. The van der Waals surface area contributed by atoms with Crippen molar-refractivity contribution in [1.29, 1.82) is 0 Å². The molecule has 0 saturated carbocycles. The van der Waals surface area contributed by atoms with Crippen LogP contribution in [0.4, 0.5) is 0 Å². The van der Waals surface area contributed by atoms with E-state index in [0.29, 0.717) is 23.3 Å². The van der Waals surface area contributed by atoms with E-state index in [1.165, 1.54) is 11.3 Å². The Kier molecular flexibility index (Phi) is 3.86. The first-order valence-corrected chi connectivity index (χ1v) is 8.72. The summed E-state index contributed by atoms with van der Waals surface area (Å²) in [5, 5.41) is 6.40. The Balaban J connectivity index is 1.58. The van der Waals surface area contributed by atoms with Gasteiger partial charge in [-0.3, -0.25) is 4.79 Å². The Morgan fingerprint density at radius 1 is 1.29 bits per heavy atom. The molecule has 1 aliphatic rings. The molecule has 7 heteroatoms. The van der Waals surface area contributed by atoms with Crippen molar-refractivity contribution in [3.8, 4) is 11.3 Å². The number of rotatable bonds is 3. The molecule has 6 nitrogen and oxygen atoms in total. The van der Waals surface area contributed by atoms with Gasteiger partial charge >= 0.3 is 0 Å². The number of carbonyl (C=O) groups excluding carboxylic acids is 1. The highest BCUT2D eigenvalue weighted by atomic mass is 32.1. The summed E-state index contributed by atoms with van der Waals surface area (Å²) in [6, 6.07) is 9.74. The van der Waals surface area contributed by atoms with E-state index in [0.717, 1.165) is 24.1 Å². The van der Waals surface area contributed by atoms with Crippen molar-refractivity contribution in [2.24, 2.45) is 0 Å². The fourth-order valence-electron chi connectivity index (χ4n) is 2.96. The number of hydrogen-bond acceptors (Lipinski definition) is 6. The van der Waals surface area contributed by atoms with Gasteiger partial charge in [-0.15, -0.1) is 11.3 Å². The lowest BCUT2D eigenvalue weighted by Gasteiger charge is -2.20. The summed E-state index contributed by atoms with van der Waals surface area (Å²) in [5.41, 5.74) is 1.84. The predicted molar refractivity (Wildman–Crippen MR) is 89.6 cm³/mol. The summed E-state index contributed by atoms with van der Waals surface area (Å²) in [4.78, 5) is 23.5. The highest BCUT2D eigenvalue weighted by Crippen LogP contribution is 2.32. The van der Waals surface area contributed by atoms with Gasteiger partial charge in [0.2, 0.25) is 5.89 Å². The molecule has 0 unspecified atom stereocenters. The van der Waals surface area contributed by atoms with E-state index in [-0.39, 0.29) is 11.9 Å². The van der Waals surface area contributed by atoms with Crippen LogP contribution in [0.2, 0.25) is 0 Å². The molecule has 1 saturated heterocycles. The number of nitrogens with zero attached hydrogens (tertiary/aromatic N) is 4. The van der Waals surface area contributed by atoms with E-state index >= 15 is 0 Å². The van der Waals surface area contributed by atoms with Crippen molar-refractivity contribution >= 4 is 17.2 Å². The van der Waals surface area contributed by atoms with E-state index in [2.05, 4.69) is 15.1 Å². The normalized spacial score (nSPS) is 17.4. The first-order valence-electron chi connectivity index (χ1n) is 7.84. The van der Waals surface area contributed by atoms with Crippen LogP contribution in [0.1, 0.15) is 40.4 Å². The van der Waals surface area contributed by atoms with Gasteiger partial charge in [0.1, 0.15) is 0 Å². The number of aromatic nitrogens is 3. The third-order valence-corrected chi connectivity index (χ3v) is 4.94. The summed E-state index contributed by atoms with van der Waals surface area (Å²) in [6.45, 7) is 2.45. The van der Waals surface area contributed by atoms with Gasteiger partial charge in [-0.2, -0.15) is 4.98 Å². The zero-order chi connectivity index (χ0) is 16.5. The number of hydrogen-bond donors (Lipinski definition) is 0. The Morgan fingerprint density at radius 3 is 2.88 bits per heavy atom. The molecule has 1 amide bonds. The number of carbonyl (C=O) groups is 1. The summed E-state index contributed by atoms with van der Waals surface area (Å²) in [5.74, 6) is 1.04. The fourth-order valence-corrected chi connectivity index (χ4v) is 3.75. The molecule has 3 aromatic rings. The smallest absolute Gasteiger partial charge is 0.283 e. The average molecular weight is 340 g/mol. The molecule has 1 aliphatic heterocycles. The number of benzene rings is 1. The second-order valence-corrected chi connectivity index (χ2v) is 6.59. The maximum atomic E-state index is 12.9. The minimum absolute atomic E-state index is 0.0628. The van der Waals surface area contributed by atoms with Crippen molar-refractivity contribution in [3.05, 3.63) is 52.4 Å². The summed E-state index contributed by atoms with van der Waals surface area (Å²) in [6.07, 6.45) is 1.78. The van der Waals surface area contributed by atoms with Gasteiger partial charge < -0.3 is 9.42 Å². The average Bonchev–Trinajstić information content (AvgIpc) is 3.35. The van der Waals surface area contributed by atoms with Crippen molar-refractivity contribution in [2.75, 3.05) is 6.54 Å². The van der Waals surface area contributed by atoms with Crippen molar-refractivity contribution < 1.29 is 9.32 Å². The third kappa shape index (κ3) is 2.71. The first kappa shape index (κ1) is 15.0. The molecule has 4 rings (SSSR count). The van der Waals surface area contributed by atoms with Gasteiger partial charge in [0.05, 0.1) is 11.7 Å². The summed E-state index contributed by atoms with van der Waals surface area (Å²) < 4.78 is 5.06. The van der Waals surface area contributed by atoms with Crippen LogP contribution in [0.25, 0.3) is 11.3 Å². The zero-order valence-corrected chi connectivity index (χ0v) is 14.0. The predicted octanol–water partition coefficient (Wildman–Crippen LogP) is 3.48. The number of thiazole rings is 1. The first-order chi connectivity index (χ1) is 11.7. The molecule has 2 aromatic heterocycles. The molecule has 3 heterocycles. The van der Waals surface area contributed by atoms with Crippen molar-refractivity contribution in [1.82, 2.24) is 20.0 Å². The second-order valence-electron chi connectivity index (χ2n) is 5.73. The van der Waals surface area contributed by atoms with E-state index in [1.807, 2.05) is 35.7 Å². The van der Waals surface area contributed by atoms with Crippen LogP contribution in [0.5, 0.6) is 0 Å².